The maximum absolute atomic E-state index is 13.6. The number of aliphatic hydroxyl groups excluding tert-OH is 1. The Hall–Kier alpha value is -4.52. The zero-order chi connectivity index (χ0) is 30.9. The van der Waals surface area contributed by atoms with Crippen LogP contribution in [0.25, 0.3) is 10.8 Å². The number of hydrogen-bond donors (Lipinski definition) is 4. The lowest BCUT2D eigenvalue weighted by Crippen LogP contribution is -2.32. The number of methoxy groups -OCH3 is 2. The van der Waals surface area contributed by atoms with Crippen molar-refractivity contribution in [3.8, 4) is 17.2 Å². The summed E-state index contributed by atoms with van der Waals surface area (Å²) in [6.07, 6.45) is 3.95. The molecule has 1 aromatic heterocycles. The lowest BCUT2D eigenvalue weighted by Gasteiger charge is -2.17. The van der Waals surface area contributed by atoms with Crippen LogP contribution < -0.4 is 31.3 Å². The Bertz CT molecular complexity index is 1440. The van der Waals surface area contributed by atoms with Crippen molar-refractivity contribution in [3.63, 3.8) is 0 Å². The van der Waals surface area contributed by atoms with Crippen LogP contribution in [0.3, 0.4) is 0 Å². The average molecular weight is 590 g/mol. The highest BCUT2D eigenvalue weighted by atomic mass is 19.4. The van der Waals surface area contributed by atoms with Gasteiger partial charge in [-0.25, -0.2) is 5.84 Å². The number of hydrogen-bond acceptors (Lipinski definition) is 9. The number of ether oxygens (including phenoxy) is 3. The number of rotatable bonds is 7. The SMILES string of the molecule is C=C(O)C(F)(F)F.COc1cc2c(/C(=N/N)NN)cnc(C(=O)c3cccc(OC4CCCCCC4)c3)c2cc1OC. The van der Waals surface area contributed by atoms with Crippen LogP contribution in [0, 0.1) is 0 Å². The maximum Gasteiger partial charge on any atom is 0.448 e. The van der Waals surface area contributed by atoms with Crippen molar-refractivity contribution in [1.29, 1.82) is 0 Å². The molecule has 0 spiro atoms. The fourth-order valence-electron chi connectivity index (χ4n) is 4.52. The minimum atomic E-state index is -4.64. The summed E-state index contributed by atoms with van der Waals surface area (Å²) in [6.45, 7) is 2.26. The minimum Gasteiger partial charge on any atom is -0.505 e. The van der Waals surface area contributed by atoms with Crippen molar-refractivity contribution in [1.82, 2.24) is 10.4 Å². The molecule has 0 radical (unpaired) electrons. The van der Waals surface area contributed by atoms with Crippen molar-refractivity contribution in [3.05, 3.63) is 71.8 Å². The third-order valence-electron chi connectivity index (χ3n) is 6.66. The topological polar surface area (TPSA) is 154 Å². The van der Waals surface area contributed by atoms with Crippen LogP contribution in [0.1, 0.15) is 60.1 Å². The first-order chi connectivity index (χ1) is 20.0. The second-order valence-electron chi connectivity index (χ2n) is 9.43. The van der Waals surface area contributed by atoms with Gasteiger partial charge in [0.25, 0.3) is 0 Å². The van der Waals surface area contributed by atoms with Crippen molar-refractivity contribution >= 4 is 22.4 Å². The summed E-state index contributed by atoms with van der Waals surface area (Å²) in [5.41, 5.74) is 3.73. The van der Waals surface area contributed by atoms with Crippen LogP contribution in [0.5, 0.6) is 17.2 Å². The van der Waals surface area contributed by atoms with E-state index in [1.807, 2.05) is 12.1 Å². The number of halogens is 3. The van der Waals surface area contributed by atoms with Gasteiger partial charge in [-0.05, 0) is 49.9 Å². The molecule has 1 aliphatic rings. The van der Waals surface area contributed by atoms with E-state index in [0.29, 0.717) is 39.1 Å². The Morgan fingerprint density at radius 2 is 1.67 bits per heavy atom. The summed E-state index contributed by atoms with van der Waals surface area (Å²) in [5, 5.41) is 12.5. The van der Waals surface area contributed by atoms with Gasteiger partial charge in [-0.15, -0.1) is 0 Å². The van der Waals surface area contributed by atoms with E-state index in [2.05, 4.69) is 22.1 Å². The molecule has 10 nitrogen and oxygen atoms in total. The molecular formula is C29H34F3N5O5. The number of aliphatic hydroxyl groups is 1. The van der Waals surface area contributed by atoms with Gasteiger partial charge in [0.05, 0.1) is 20.3 Å². The number of aromatic nitrogens is 1. The Kier molecular flexibility index (Phi) is 11.0. The summed E-state index contributed by atoms with van der Waals surface area (Å²) in [4.78, 5) is 18.1. The van der Waals surface area contributed by atoms with Gasteiger partial charge >= 0.3 is 6.18 Å². The molecule has 4 rings (SSSR count). The second-order valence-corrected chi connectivity index (χ2v) is 9.43. The van der Waals surface area contributed by atoms with E-state index in [9.17, 15) is 18.0 Å². The first-order valence-corrected chi connectivity index (χ1v) is 13.1. The summed E-state index contributed by atoms with van der Waals surface area (Å²) < 4.78 is 49.7. The molecule has 0 bridgehead atoms. The number of nitrogens with two attached hydrogens (primary N) is 2. The van der Waals surface area contributed by atoms with Gasteiger partial charge in [0.1, 0.15) is 11.4 Å². The predicted molar refractivity (Wildman–Crippen MR) is 153 cm³/mol. The molecule has 0 unspecified atom stereocenters. The van der Waals surface area contributed by atoms with Gasteiger partial charge < -0.3 is 30.6 Å². The van der Waals surface area contributed by atoms with Crippen LogP contribution >= 0.6 is 0 Å². The molecule has 0 atom stereocenters. The minimum absolute atomic E-state index is 0.176. The van der Waals surface area contributed by atoms with Crippen LogP contribution in [-0.4, -0.2) is 48.2 Å². The Morgan fingerprint density at radius 3 is 2.19 bits per heavy atom. The zero-order valence-corrected chi connectivity index (χ0v) is 23.3. The third-order valence-corrected chi connectivity index (χ3v) is 6.66. The number of benzene rings is 2. The molecule has 1 fully saturated rings. The molecule has 226 valence electrons. The summed E-state index contributed by atoms with van der Waals surface area (Å²) >= 11 is 0. The van der Waals surface area contributed by atoms with Crippen molar-refractivity contribution in [2.24, 2.45) is 16.8 Å². The lowest BCUT2D eigenvalue weighted by atomic mass is 9.98. The second kappa shape index (κ2) is 14.4. The quantitative estimate of drug-likeness (QED) is 0.0547. The highest BCUT2D eigenvalue weighted by molar-refractivity contribution is 6.19. The molecule has 1 saturated carbocycles. The molecule has 42 heavy (non-hydrogen) atoms. The average Bonchev–Trinajstić information content (AvgIpc) is 3.25. The van der Waals surface area contributed by atoms with Gasteiger partial charge in [-0.2, -0.15) is 18.3 Å². The molecule has 1 heterocycles. The molecular weight excluding hydrogens is 555 g/mol. The molecule has 6 N–H and O–H groups in total. The number of nitrogens with one attached hydrogen (secondary N) is 1. The monoisotopic (exact) mass is 589 g/mol. The summed E-state index contributed by atoms with van der Waals surface area (Å²) in [6, 6.07) is 10.7. The normalized spacial score (nSPS) is 14.3. The highest BCUT2D eigenvalue weighted by Gasteiger charge is 2.31. The number of fused-ring (bicyclic) bond motifs is 1. The van der Waals surface area contributed by atoms with Gasteiger partial charge in [0, 0.05) is 28.1 Å². The first kappa shape index (κ1) is 32.0. The smallest absolute Gasteiger partial charge is 0.448 e. The number of allylic oxidation sites excluding steroid dienone is 1. The van der Waals surface area contributed by atoms with Crippen LogP contribution in [0.4, 0.5) is 13.2 Å². The van der Waals surface area contributed by atoms with Crippen molar-refractivity contribution < 1.29 is 37.3 Å². The summed E-state index contributed by atoms with van der Waals surface area (Å²) in [7, 11) is 3.07. The van der Waals surface area contributed by atoms with E-state index in [4.69, 9.17) is 31.0 Å². The molecule has 1 aliphatic carbocycles. The molecule has 3 aromatic rings. The molecule has 13 heteroatoms. The number of carbonyl (C=O) groups is 1. The fraction of sp³-hybridized carbons (Fsp3) is 0.345. The number of nitrogens with zero attached hydrogens (tertiary/aromatic N) is 2. The Morgan fingerprint density at radius 1 is 1.07 bits per heavy atom. The number of pyridine rings is 1. The molecule has 0 saturated heterocycles. The van der Waals surface area contributed by atoms with E-state index in [-0.39, 0.29) is 23.4 Å². The third kappa shape index (κ3) is 7.81. The molecule has 2 aromatic carbocycles. The number of alkyl halides is 3. The number of amidine groups is 1. The number of ketones is 1. The van der Waals surface area contributed by atoms with E-state index in [1.54, 1.807) is 24.3 Å². The van der Waals surface area contributed by atoms with Crippen LogP contribution in [0.2, 0.25) is 0 Å². The maximum atomic E-state index is 13.6. The molecule has 0 aliphatic heterocycles. The zero-order valence-electron chi connectivity index (χ0n) is 23.3. The Balaban J connectivity index is 0.000000616. The first-order valence-electron chi connectivity index (χ1n) is 13.1. The van der Waals surface area contributed by atoms with Crippen molar-refractivity contribution in [2.75, 3.05) is 14.2 Å². The van der Waals surface area contributed by atoms with Gasteiger partial charge in [-0.3, -0.25) is 9.78 Å². The largest absolute Gasteiger partial charge is 0.505 e. The number of hydrazine groups is 1. The molecule has 0 amide bonds. The van der Waals surface area contributed by atoms with E-state index < -0.39 is 11.9 Å². The number of hydrazone groups is 1. The van der Waals surface area contributed by atoms with Gasteiger partial charge in [-0.1, -0.05) is 31.6 Å². The van der Waals surface area contributed by atoms with Crippen molar-refractivity contribution in [2.45, 2.75) is 50.8 Å². The van der Waals surface area contributed by atoms with E-state index in [0.717, 1.165) is 12.8 Å². The number of carbonyl (C=O) groups excluding carboxylic acids is 1. The standard InChI is InChI=1S/C26H31N5O4.C3H3F3O/c1-33-22-13-19-20(14-23(22)34-2)24(29-15-21(19)26(30-27)31-28)25(32)16-8-7-11-18(12-16)35-17-9-5-3-4-6-10-17;1-2(7)3(4,5)6/h7-8,11-15,17H,3-6,9-10,27-28H2,1-2H3,(H,30,31);7H,1H2. The lowest BCUT2D eigenvalue weighted by molar-refractivity contribution is -0.119. The van der Waals surface area contributed by atoms with Gasteiger partial charge in [0.2, 0.25) is 5.78 Å². The Labute approximate surface area is 241 Å². The highest BCUT2D eigenvalue weighted by Crippen LogP contribution is 2.35. The van der Waals surface area contributed by atoms with Gasteiger partial charge in [0.15, 0.2) is 23.1 Å². The predicted octanol–water partition coefficient (Wildman–Crippen LogP) is 5.29. The van der Waals surface area contributed by atoms with Crippen LogP contribution in [0.15, 0.2) is 60.0 Å². The summed E-state index contributed by atoms with van der Waals surface area (Å²) in [5.74, 6) is 11.0. The van der Waals surface area contributed by atoms with Crippen LogP contribution in [-0.2, 0) is 0 Å². The fourth-order valence-corrected chi connectivity index (χ4v) is 4.52. The van der Waals surface area contributed by atoms with E-state index >= 15 is 0 Å². The van der Waals surface area contributed by atoms with E-state index in [1.165, 1.54) is 46.1 Å².